The summed E-state index contributed by atoms with van der Waals surface area (Å²) in [5, 5.41) is 22.1. The summed E-state index contributed by atoms with van der Waals surface area (Å²) in [6.45, 7) is 2.26. The molecule has 4 aromatic rings. The predicted molar refractivity (Wildman–Crippen MR) is 130 cm³/mol. The Kier molecular flexibility index (Phi) is 6.00. The van der Waals surface area contributed by atoms with E-state index in [1.807, 2.05) is 6.92 Å². The van der Waals surface area contributed by atoms with Crippen LogP contribution in [0, 0.1) is 28.4 Å². The van der Waals surface area contributed by atoms with Crippen LogP contribution in [0.4, 0.5) is 14.5 Å². The zero-order valence-corrected chi connectivity index (χ0v) is 19.2. The predicted octanol–water partition coefficient (Wildman–Crippen LogP) is 4.97. The highest BCUT2D eigenvalue weighted by molar-refractivity contribution is 5.99. The molecule has 0 amide bonds. The van der Waals surface area contributed by atoms with Crippen molar-refractivity contribution < 1.29 is 23.4 Å². The number of hydrogen-bond acceptors (Lipinski definition) is 7. The third-order valence-corrected chi connectivity index (χ3v) is 5.88. The number of benzene rings is 2. The van der Waals surface area contributed by atoms with Gasteiger partial charge in [0, 0.05) is 46.8 Å². The van der Waals surface area contributed by atoms with Gasteiger partial charge in [0.1, 0.15) is 18.0 Å². The van der Waals surface area contributed by atoms with Crippen molar-refractivity contribution in [2.75, 3.05) is 25.1 Å². The van der Waals surface area contributed by atoms with Crippen LogP contribution in [0.15, 0.2) is 59.9 Å². The first kappa shape index (κ1) is 23.3. The lowest BCUT2D eigenvalue weighted by Crippen LogP contribution is -2.38. The molecular weight excluding hydrogens is 468 g/mol. The zero-order valence-electron chi connectivity index (χ0n) is 19.2. The molecule has 0 fully saturated rings. The van der Waals surface area contributed by atoms with Gasteiger partial charge in [0.2, 0.25) is 0 Å². The number of rotatable bonds is 5. The molecule has 2 aromatic heterocycles. The van der Waals surface area contributed by atoms with Crippen molar-refractivity contribution in [2.45, 2.75) is 6.92 Å². The first-order chi connectivity index (χ1) is 17.4. The smallest absolute Gasteiger partial charge is 0.289 e. The van der Waals surface area contributed by atoms with Crippen LogP contribution in [0.1, 0.15) is 12.5 Å². The average molecular weight is 489 g/mol. The van der Waals surface area contributed by atoms with Crippen LogP contribution in [-0.2, 0) is 4.74 Å². The quantitative estimate of drug-likeness (QED) is 0.365. The molecule has 2 aromatic carbocycles. The van der Waals surface area contributed by atoms with Gasteiger partial charge in [-0.3, -0.25) is 0 Å². The number of hydrogen-bond donors (Lipinski definition) is 3. The van der Waals surface area contributed by atoms with Gasteiger partial charge in [0.15, 0.2) is 17.4 Å². The molecule has 1 aliphatic heterocycles. The number of aliphatic hydroxyl groups excluding tert-OH is 1. The lowest BCUT2D eigenvalue weighted by atomic mass is 9.93. The Morgan fingerprint density at radius 2 is 2.00 bits per heavy atom. The van der Waals surface area contributed by atoms with Crippen molar-refractivity contribution in [2.24, 2.45) is 10.4 Å². The van der Waals surface area contributed by atoms with Gasteiger partial charge in [-0.15, -0.1) is 0 Å². The van der Waals surface area contributed by atoms with Crippen molar-refractivity contribution in [3.8, 4) is 28.7 Å². The highest BCUT2D eigenvalue weighted by Crippen LogP contribution is 2.39. The maximum atomic E-state index is 15.0. The number of aromatic nitrogens is 2. The molecule has 0 bridgehead atoms. The lowest BCUT2D eigenvalue weighted by Gasteiger charge is -2.30. The van der Waals surface area contributed by atoms with Gasteiger partial charge < -0.3 is 24.9 Å². The Morgan fingerprint density at radius 3 is 2.69 bits per heavy atom. The van der Waals surface area contributed by atoms with Crippen LogP contribution in [0.5, 0.6) is 11.5 Å². The second-order valence-corrected chi connectivity index (χ2v) is 8.77. The number of halogens is 2. The van der Waals surface area contributed by atoms with E-state index in [9.17, 15) is 10.4 Å². The number of nitriles is 1. The van der Waals surface area contributed by atoms with Crippen molar-refractivity contribution in [1.29, 1.82) is 5.26 Å². The molecule has 182 valence electrons. The number of fused-ring (bicyclic) bond motifs is 1. The summed E-state index contributed by atoms with van der Waals surface area (Å²) in [5.74, 6) is -2.29. The lowest BCUT2D eigenvalue weighted by molar-refractivity contribution is 0.0706. The summed E-state index contributed by atoms with van der Waals surface area (Å²) >= 11 is 0. The molecule has 0 aliphatic carbocycles. The number of nitrogens with zero attached hydrogens (tertiary/aromatic N) is 3. The van der Waals surface area contributed by atoms with E-state index in [4.69, 9.17) is 9.47 Å². The number of aliphatic imine (C=N–C) groups is 1. The number of amidine groups is 1. The van der Waals surface area contributed by atoms with Crippen molar-refractivity contribution in [3.63, 3.8) is 0 Å². The molecule has 1 aliphatic rings. The Morgan fingerprint density at radius 1 is 1.22 bits per heavy atom. The van der Waals surface area contributed by atoms with Gasteiger partial charge in [-0.1, -0.05) is 25.1 Å². The standard InChI is InChI=1S/C26H21F2N5O3/c1-26(13-34)12-32-25(35-14-26)33-16-8-19(27)23(20(28)9-16)36-21-6-7-30-24-22(21)18(11-31-24)17-5-3-2-4-15(17)10-29/h2-9,11,34H,12-14H2,1H3,(H,30,31)(H,32,33). The summed E-state index contributed by atoms with van der Waals surface area (Å²) in [5.41, 5.74) is 1.72. The van der Waals surface area contributed by atoms with Crippen LogP contribution in [0.3, 0.4) is 0 Å². The Labute approximate surface area is 204 Å². The van der Waals surface area contributed by atoms with E-state index in [1.54, 1.807) is 30.5 Å². The Hall–Kier alpha value is -4.49. The Balaban J connectivity index is 1.46. The molecule has 3 N–H and O–H groups in total. The number of aromatic amines is 1. The topological polar surface area (TPSA) is 116 Å². The Bertz CT molecular complexity index is 1500. The molecular formula is C26H21F2N5O3. The van der Waals surface area contributed by atoms with Gasteiger partial charge in [-0.05, 0) is 12.1 Å². The van der Waals surface area contributed by atoms with Crippen LogP contribution < -0.4 is 10.1 Å². The minimum absolute atomic E-state index is 0.0910. The van der Waals surface area contributed by atoms with Gasteiger partial charge in [0.05, 0.1) is 30.2 Å². The van der Waals surface area contributed by atoms with E-state index in [0.29, 0.717) is 34.3 Å². The summed E-state index contributed by atoms with van der Waals surface area (Å²) < 4.78 is 41.2. The SMILES string of the molecule is CC1(CO)CN=C(Nc2cc(F)c(Oc3ccnc4[nH]cc(-c5ccccc5C#N)c34)c(F)c2)OC1. The minimum atomic E-state index is -0.937. The summed E-state index contributed by atoms with van der Waals surface area (Å²) in [4.78, 5) is 11.5. The molecule has 10 heteroatoms. The minimum Gasteiger partial charge on any atom is -0.464 e. The number of anilines is 1. The fourth-order valence-electron chi connectivity index (χ4n) is 3.87. The number of pyridine rings is 1. The first-order valence-corrected chi connectivity index (χ1v) is 11.1. The monoisotopic (exact) mass is 489 g/mol. The largest absolute Gasteiger partial charge is 0.464 e. The number of ether oxygens (including phenoxy) is 2. The fraction of sp³-hybridized carbons (Fsp3) is 0.192. The maximum Gasteiger partial charge on any atom is 0.289 e. The molecule has 0 spiro atoms. The van der Waals surface area contributed by atoms with Crippen LogP contribution in [0.25, 0.3) is 22.2 Å². The second-order valence-electron chi connectivity index (χ2n) is 8.77. The normalized spacial score (nSPS) is 17.2. The van der Waals surface area contributed by atoms with E-state index >= 15 is 8.78 Å². The average Bonchev–Trinajstić information content (AvgIpc) is 3.32. The molecule has 1 atom stereocenters. The second kappa shape index (κ2) is 9.28. The summed E-state index contributed by atoms with van der Waals surface area (Å²) in [6.07, 6.45) is 3.13. The molecule has 0 radical (unpaired) electrons. The molecule has 8 nitrogen and oxygen atoms in total. The van der Waals surface area contributed by atoms with Crippen molar-refractivity contribution >= 4 is 22.7 Å². The van der Waals surface area contributed by atoms with Gasteiger partial charge in [-0.2, -0.15) is 5.26 Å². The van der Waals surface area contributed by atoms with E-state index in [-0.39, 0.29) is 30.7 Å². The van der Waals surface area contributed by atoms with Crippen molar-refractivity contribution in [1.82, 2.24) is 9.97 Å². The van der Waals surface area contributed by atoms with E-state index in [0.717, 1.165) is 12.1 Å². The van der Waals surface area contributed by atoms with Gasteiger partial charge in [0.25, 0.3) is 6.02 Å². The molecule has 5 rings (SSSR count). The van der Waals surface area contributed by atoms with Gasteiger partial charge >= 0.3 is 0 Å². The zero-order chi connectivity index (χ0) is 25.3. The third-order valence-electron chi connectivity index (χ3n) is 5.88. The molecule has 1 unspecified atom stereocenters. The fourth-order valence-corrected chi connectivity index (χ4v) is 3.87. The molecule has 3 heterocycles. The number of aliphatic hydroxyl groups is 1. The van der Waals surface area contributed by atoms with E-state index in [1.165, 1.54) is 12.3 Å². The maximum absolute atomic E-state index is 15.0. The van der Waals surface area contributed by atoms with E-state index in [2.05, 4.69) is 26.3 Å². The highest BCUT2D eigenvalue weighted by Gasteiger charge is 2.29. The third kappa shape index (κ3) is 4.32. The highest BCUT2D eigenvalue weighted by atomic mass is 19.1. The van der Waals surface area contributed by atoms with Crippen LogP contribution in [0.2, 0.25) is 0 Å². The molecule has 36 heavy (non-hydrogen) atoms. The molecule has 0 saturated carbocycles. The number of H-pyrrole nitrogens is 1. The van der Waals surface area contributed by atoms with Crippen LogP contribution in [-0.4, -0.2) is 40.9 Å². The molecule has 0 saturated heterocycles. The van der Waals surface area contributed by atoms with Gasteiger partial charge in [-0.25, -0.2) is 18.8 Å². The first-order valence-electron chi connectivity index (χ1n) is 11.1. The van der Waals surface area contributed by atoms with Crippen LogP contribution >= 0.6 is 0 Å². The van der Waals surface area contributed by atoms with E-state index < -0.39 is 22.8 Å². The number of nitrogens with one attached hydrogen (secondary N) is 2. The summed E-state index contributed by atoms with van der Waals surface area (Å²) in [6, 6.07) is 12.9. The van der Waals surface area contributed by atoms with Crippen molar-refractivity contribution in [3.05, 3.63) is 72.1 Å². The summed E-state index contributed by atoms with van der Waals surface area (Å²) in [7, 11) is 0.